The fourth-order valence-corrected chi connectivity index (χ4v) is 1.62. The fourth-order valence-electron chi connectivity index (χ4n) is 1.62. The predicted molar refractivity (Wildman–Crippen MR) is 75.7 cm³/mol. The van der Waals surface area contributed by atoms with Crippen molar-refractivity contribution in [1.29, 1.82) is 0 Å². The van der Waals surface area contributed by atoms with Gasteiger partial charge in [0.25, 0.3) is 0 Å². The largest absolute Gasteiger partial charge is 0.494 e. The van der Waals surface area contributed by atoms with Crippen molar-refractivity contribution in [3.05, 3.63) is 48.2 Å². The Hall–Kier alpha value is -2.23. The van der Waals surface area contributed by atoms with Crippen LogP contribution < -0.4 is 14.8 Å². The summed E-state index contributed by atoms with van der Waals surface area (Å²) in [6, 6.07) is 11.5. The lowest BCUT2D eigenvalue weighted by atomic mass is 10.3. The van der Waals surface area contributed by atoms with Gasteiger partial charge in [-0.3, -0.25) is 0 Å². The Morgan fingerprint density at radius 1 is 1.00 bits per heavy atom. The summed E-state index contributed by atoms with van der Waals surface area (Å²) >= 11 is 0. The minimum absolute atomic E-state index is 0.505. The van der Waals surface area contributed by atoms with Gasteiger partial charge in [0, 0.05) is 18.8 Å². The zero-order valence-corrected chi connectivity index (χ0v) is 11.2. The van der Waals surface area contributed by atoms with Crippen LogP contribution in [0.3, 0.4) is 0 Å². The second-order valence-electron chi connectivity index (χ2n) is 3.99. The van der Waals surface area contributed by atoms with Crippen molar-refractivity contribution in [1.82, 2.24) is 4.98 Å². The maximum Gasteiger partial charge on any atom is 0.125 e. The van der Waals surface area contributed by atoms with E-state index < -0.39 is 0 Å². The minimum atomic E-state index is 0.505. The van der Waals surface area contributed by atoms with Crippen molar-refractivity contribution >= 4 is 5.82 Å². The topological polar surface area (TPSA) is 43.4 Å². The smallest absolute Gasteiger partial charge is 0.125 e. The van der Waals surface area contributed by atoms with Crippen LogP contribution >= 0.6 is 0 Å². The molecule has 0 amide bonds. The van der Waals surface area contributed by atoms with Crippen molar-refractivity contribution in [2.45, 2.75) is 13.5 Å². The number of hydrogen-bond donors (Lipinski definition) is 1. The molecule has 1 heterocycles. The molecular weight excluding hydrogens is 240 g/mol. The molecule has 4 heteroatoms. The second kappa shape index (κ2) is 6.64. The molecule has 0 fully saturated rings. The molecule has 0 atom stereocenters. The van der Waals surface area contributed by atoms with E-state index in [1.54, 1.807) is 6.20 Å². The number of aromatic nitrogens is 1. The van der Waals surface area contributed by atoms with Crippen LogP contribution in [0.15, 0.2) is 42.6 Å². The van der Waals surface area contributed by atoms with E-state index in [4.69, 9.17) is 9.47 Å². The Morgan fingerprint density at radius 2 is 1.68 bits per heavy atom. The Kier molecular flexibility index (Phi) is 4.61. The fraction of sp³-hybridized carbons (Fsp3) is 0.267. The second-order valence-corrected chi connectivity index (χ2v) is 3.99. The molecule has 0 radical (unpaired) electrons. The molecule has 0 unspecified atom stereocenters. The van der Waals surface area contributed by atoms with E-state index in [2.05, 4.69) is 10.3 Å². The number of rotatable bonds is 6. The summed E-state index contributed by atoms with van der Waals surface area (Å²) in [5, 5.41) is 2.98. The molecule has 4 nitrogen and oxygen atoms in total. The predicted octanol–water partition coefficient (Wildman–Crippen LogP) is 3.10. The number of ether oxygens (including phenoxy) is 2. The highest BCUT2D eigenvalue weighted by atomic mass is 16.5. The molecule has 0 saturated carbocycles. The number of hydrogen-bond acceptors (Lipinski definition) is 4. The van der Waals surface area contributed by atoms with Crippen LogP contribution in [-0.4, -0.2) is 18.6 Å². The number of pyridine rings is 1. The van der Waals surface area contributed by atoms with E-state index in [9.17, 15) is 0 Å². The summed E-state index contributed by atoms with van der Waals surface area (Å²) in [6.45, 7) is 3.14. The molecule has 2 rings (SSSR count). The van der Waals surface area contributed by atoms with Crippen molar-refractivity contribution in [2.75, 3.05) is 19.0 Å². The normalized spacial score (nSPS) is 10.0. The summed E-state index contributed by atoms with van der Waals surface area (Å²) in [5.41, 5.74) is 1.04. The first-order valence-corrected chi connectivity index (χ1v) is 6.30. The molecular formula is C15H18N2O2. The van der Waals surface area contributed by atoms with E-state index in [1.165, 1.54) is 0 Å². The van der Waals surface area contributed by atoms with E-state index >= 15 is 0 Å². The van der Waals surface area contributed by atoms with Gasteiger partial charge in [-0.15, -0.1) is 0 Å². The third kappa shape index (κ3) is 3.88. The zero-order chi connectivity index (χ0) is 13.5. The summed E-state index contributed by atoms with van der Waals surface area (Å²) in [4.78, 5) is 4.24. The molecule has 0 spiro atoms. The molecule has 0 saturated heterocycles. The lowest BCUT2D eigenvalue weighted by molar-refractivity contribution is 0.303. The lowest BCUT2D eigenvalue weighted by Gasteiger charge is -2.08. The zero-order valence-electron chi connectivity index (χ0n) is 11.2. The van der Waals surface area contributed by atoms with Gasteiger partial charge in [0.15, 0.2) is 0 Å². The van der Waals surface area contributed by atoms with Crippen LogP contribution in [0.5, 0.6) is 11.5 Å². The van der Waals surface area contributed by atoms with E-state index in [1.807, 2.05) is 50.4 Å². The molecule has 100 valence electrons. The first kappa shape index (κ1) is 13.2. The monoisotopic (exact) mass is 258 g/mol. The first-order chi connectivity index (χ1) is 9.31. The SMILES string of the molecule is CCOc1ccc(OCc2ccc(NC)nc2)cc1. The van der Waals surface area contributed by atoms with Gasteiger partial charge in [-0.25, -0.2) is 4.98 Å². The summed E-state index contributed by atoms with van der Waals surface area (Å²) < 4.78 is 11.1. The molecule has 19 heavy (non-hydrogen) atoms. The Balaban J connectivity index is 1.90. The molecule has 0 bridgehead atoms. The molecule has 1 aromatic carbocycles. The van der Waals surface area contributed by atoms with Crippen LogP contribution in [0.4, 0.5) is 5.82 Å². The van der Waals surface area contributed by atoms with Gasteiger partial charge in [0.05, 0.1) is 6.61 Å². The highest BCUT2D eigenvalue weighted by Crippen LogP contribution is 2.18. The average Bonchev–Trinajstić information content (AvgIpc) is 2.47. The van der Waals surface area contributed by atoms with Crippen molar-refractivity contribution < 1.29 is 9.47 Å². The van der Waals surface area contributed by atoms with Gasteiger partial charge in [-0.1, -0.05) is 6.07 Å². The van der Waals surface area contributed by atoms with Crippen molar-refractivity contribution in [3.63, 3.8) is 0 Å². The quantitative estimate of drug-likeness (QED) is 0.864. The lowest BCUT2D eigenvalue weighted by Crippen LogP contribution is -1.98. The van der Waals surface area contributed by atoms with Crippen LogP contribution in [0.25, 0.3) is 0 Å². The summed E-state index contributed by atoms with van der Waals surface area (Å²) in [6.07, 6.45) is 1.81. The maximum absolute atomic E-state index is 5.68. The molecule has 2 aromatic rings. The number of benzene rings is 1. The Labute approximate surface area is 113 Å². The highest BCUT2D eigenvalue weighted by Gasteiger charge is 1.98. The Morgan fingerprint density at radius 3 is 2.21 bits per heavy atom. The van der Waals surface area contributed by atoms with Gasteiger partial charge in [-0.2, -0.15) is 0 Å². The number of nitrogens with zero attached hydrogens (tertiary/aromatic N) is 1. The van der Waals surface area contributed by atoms with Gasteiger partial charge < -0.3 is 14.8 Å². The molecule has 1 aromatic heterocycles. The van der Waals surface area contributed by atoms with Crippen LogP contribution in [0, 0.1) is 0 Å². The average molecular weight is 258 g/mol. The first-order valence-electron chi connectivity index (χ1n) is 6.30. The molecule has 0 aliphatic rings. The van der Waals surface area contributed by atoms with Gasteiger partial charge >= 0.3 is 0 Å². The van der Waals surface area contributed by atoms with Gasteiger partial charge in [0.2, 0.25) is 0 Å². The number of anilines is 1. The van der Waals surface area contributed by atoms with Gasteiger partial charge in [-0.05, 0) is 37.3 Å². The van der Waals surface area contributed by atoms with Crippen LogP contribution in [0.2, 0.25) is 0 Å². The van der Waals surface area contributed by atoms with Crippen molar-refractivity contribution in [2.24, 2.45) is 0 Å². The highest BCUT2D eigenvalue weighted by molar-refractivity contribution is 5.35. The molecule has 0 aliphatic carbocycles. The van der Waals surface area contributed by atoms with Crippen LogP contribution in [0.1, 0.15) is 12.5 Å². The summed E-state index contributed by atoms with van der Waals surface area (Å²) in [7, 11) is 1.85. The van der Waals surface area contributed by atoms with E-state index in [-0.39, 0.29) is 0 Å². The summed E-state index contributed by atoms with van der Waals surface area (Å²) in [5.74, 6) is 2.53. The maximum atomic E-state index is 5.68. The third-order valence-electron chi connectivity index (χ3n) is 2.62. The standard InChI is InChI=1S/C15H18N2O2/c1-3-18-13-5-7-14(8-6-13)19-11-12-4-9-15(16-2)17-10-12/h4-10H,3,11H2,1-2H3,(H,16,17). The Bertz CT molecular complexity index is 495. The number of nitrogens with one attached hydrogen (secondary N) is 1. The van der Waals surface area contributed by atoms with E-state index in [0.717, 1.165) is 22.9 Å². The van der Waals surface area contributed by atoms with E-state index in [0.29, 0.717) is 13.2 Å². The van der Waals surface area contributed by atoms with Crippen molar-refractivity contribution in [3.8, 4) is 11.5 Å². The third-order valence-corrected chi connectivity index (χ3v) is 2.62. The molecule has 0 aliphatic heterocycles. The minimum Gasteiger partial charge on any atom is -0.494 e. The van der Waals surface area contributed by atoms with Crippen LogP contribution in [-0.2, 0) is 6.61 Å². The van der Waals surface area contributed by atoms with Gasteiger partial charge in [0.1, 0.15) is 23.9 Å². The molecule has 1 N–H and O–H groups in total.